The number of hydrogen-bond acceptors (Lipinski definition) is 3. The minimum Gasteiger partial charge on any atom is -0.453 e. The van der Waals surface area contributed by atoms with E-state index in [1.54, 1.807) is 19.9 Å². The van der Waals surface area contributed by atoms with Crippen LogP contribution in [0, 0.1) is 25.2 Å². The van der Waals surface area contributed by atoms with Crippen LogP contribution < -0.4 is 5.43 Å². The van der Waals surface area contributed by atoms with Gasteiger partial charge in [-0.05, 0) is 31.0 Å². The molecule has 21 heavy (non-hydrogen) atoms. The van der Waals surface area contributed by atoms with Gasteiger partial charge >= 0.3 is 12.3 Å². The van der Waals surface area contributed by atoms with Crippen molar-refractivity contribution in [2.75, 3.05) is 0 Å². The molecular weight excluding hydrogens is 290 g/mol. The summed E-state index contributed by atoms with van der Waals surface area (Å²) in [6, 6.07) is 4.13. The fraction of sp³-hybridized carbons (Fsp3) is 0.286. The minimum absolute atomic E-state index is 0.0639. The molecule has 1 aromatic heterocycles. The van der Waals surface area contributed by atoms with Crippen LogP contribution >= 0.6 is 0 Å². The summed E-state index contributed by atoms with van der Waals surface area (Å²) < 4.78 is 56.8. The van der Waals surface area contributed by atoms with Gasteiger partial charge in [0.15, 0.2) is 0 Å². The number of aryl methyl sites for hydroxylation is 2. The van der Waals surface area contributed by atoms with Gasteiger partial charge in [-0.3, -0.25) is 4.79 Å². The zero-order valence-electron chi connectivity index (χ0n) is 11.0. The highest BCUT2D eigenvalue weighted by Crippen LogP contribution is 2.37. The van der Waals surface area contributed by atoms with Crippen LogP contribution in [0.1, 0.15) is 22.5 Å². The molecular formula is C14H9F4NO2. The van der Waals surface area contributed by atoms with Gasteiger partial charge in [0.2, 0.25) is 11.2 Å². The van der Waals surface area contributed by atoms with E-state index >= 15 is 0 Å². The van der Waals surface area contributed by atoms with Gasteiger partial charge in [-0.1, -0.05) is 6.07 Å². The summed E-state index contributed by atoms with van der Waals surface area (Å²) in [4.78, 5) is 12.1. The monoisotopic (exact) mass is 299 g/mol. The van der Waals surface area contributed by atoms with Crippen molar-refractivity contribution in [1.82, 2.24) is 0 Å². The third-order valence-electron chi connectivity index (χ3n) is 3.03. The molecule has 2 aromatic rings. The molecule has 2 rings (SSSR count). The highest BCUT2D eigenvalue weighted by molar-refractivity contribution is 5.82. The second kappa shape index (κ2) is 4.88. The van der Waals surface area contributed by atoms with Crippen LogP contribution in [0.25, 0.3) is 11.0 Å². The molecule has 0 unspecified atom stereocenters. The number of fused-ring (bicyclic) bond motifs is 1. The standard InChI is InChI=1S/C14H9F4NO2/c1-6-3-7(2)10-9(4-6)21-12(8(5-19)11(10)20)14(17,18)13(15)16/h3-4,13H,1-2H3. The summed E-state index contributed by atoms with van der Waals surface area (Å²) in [6.45, 7) is 3.17. The Bertz CT molecular complexity index is 818. The maximum absolute atomic E-state index is 13.5. The van der Waals surface area contributed by atoms with E-state index in [9.17, 15) is 22.4 Å². The van der Waals surface area contributed by atoms with Crippen molar-refractivity contribution in [2.45, 2.75) is 26.2 Å². The van der Waals surface area contributed by atoms with E-state index in [0.29, 0.717) is 11.1 Å². The summed E-state index contributed by atoms with van der Waals surface area (Å²) in [5.74, 6) is -6.31. The van der Waals surface area contributed by atoms with E-state index in [-0.39, 0.29) is 11.0 Å². The lowest BCUT2D eigenvalue weighted by Crippen LogP contribution is -2.27. The molecule has 0 atom stereocenters. The van der Waals surface area contributed by atoms with Crippen LogP contribution in [-0.4, -0.2) is 6.43 Å². The summed E-state index contributed by atoms with van der Waals surface area (Å²) in [5, 5.41) is 8.80. The van der Waals surface area contributed by atoms with Crippen LogP contribution in [0.3, 0.4) is 0 Å². The number of nitriles is 1. The van der Waals surface area contributed by atoms with Crippen LogP contribution in [0.4, 0.5) is 17.6 Å². The Labute approximate surface area is 116 Å². The number of nitrogens with zero attached hydrogens (tertiary/aromatic N) is 1. The molecule has 0 bridgehead atoms. The molecule has 0 aliphatic rings. The van der Waals surface area contributed by atoms with Crippen LogP contribution in [0.2, 0.25) is 0 Å². The van der Waals surface area contributed by atoms with Crippen LogP contribution in [0.5, 0.6) is 0 Å². The van der Waals surface area contributed by atoms with Gasteiger partial charge < -0.3 is 4.42 Å². The molecule has 0 aliphatic carbocycles. The molecule has 0 aliphatic heterocycles. The molecule has 3 nitrogen and oxygen atoms in total. The summed E-state index contributed by atoms with van der Waals surface area (Å²) in [6.07, 6.45) is -4.09. The lowest BCUT2D eigenvalue weighted by atomic mass is 10.0. The van der Waals surface area contributed by atoms with E-state index in [2.05, 4.69) is 0 Å². The Hall–Kier alpha value is -2.36. The van der Waals surface area contributed by atoms with E-state index in [4.69, 9.17) is 9.68 Å². The second-order valence-corrected chi connectivity index (χ2v) is 4.63. The van der Waals surface area contributed by atoms with Crippen molar-refractivity contribution in [3.63, 3.8) is 0 Å². The zero-order chi connectivity index (χ0) is 15.9. The number of benzene rings is 1. The fourth-order valence-corrected chi connectivity index (χ4v) is 2.12. The Morgan fingerprint density at radius 3 is 2.43 bits per heavy atom. The predicted octanol–water partition coefficient (Wildman–Crippen LogP) is 3.64. The second-order valence-electron chi connectivity index (χ2n) is 4.63. The summed E-state index contributed by atoms with van der Waals surface area (Å²) in [7, 11) is 0. The zero-order valence-corrected chi connectivity index (χ0v) is 11.0. The average molecular weight is 299 g/mol. The lowest BCUT2D eigenvalue weighted by molar-refractivity contribution is -0.147. The van der Waals surface area contributed by atoms with Crippen molar-refractivity contribution in [3.8, 4) is 6.07 Å². The molecule has 1 heterocycles. The van der Waals surface area contributed by atoms with Crippen molar-refractivity contribution in [1.29, 1.82) is 5.26 Å². The number of rotatable bonds is 2. The van der Waals surface area contributed by atoms with Gasteiger partial charge in [-0.2, -0.15) is 14.0 Å². The van der Waals surface area contributed by atoms with Crippen molar-refractivity contribution < 1.29 is 22.0 Å². The lowest BCUT2D eigenvalue weighted by Gasteiger charge is -2.16. The Kier molecular flexibility index (Phi) is 3.49. The molecule has 0 fully saturated rings. The Morgan fingerprint density at radius 2 is 1.90 bits per heavy atom. The molecule has 0 amide bonds. The molecule has 0 saturated carbocycles. The topological polar surface area (TPSA) is 54.0 Å². The van der Waals surface area contributed by atoms with E-state index in [1.807, 2.05) is 0 Å². The molecule has 0 saturated heterocycles. The predicted molar refractivity (Wildman–Crippen MR) is 66.6 cm³/mol. The van der Waals surface area contributed by atoms with Gasteiger partial charge in [0, 0.05) is 0 Å². The highest BCUT2D eigenvalue weighted by atomic mass is 19.3. The molecule has 1 aromatic carbocycles. The number of hydrogen-bond donors (Lipinski definition) is 0. The van der Waals surface area contributed by atoms with Gasteiger partial charge in [-0.15, -0.1) is 0 Å². The number of halogens is 4. The van der Waals surface area contributed by atoms with Crippen molar-refractivity contribution in [3.05, 3.63) is 44.8 Å². The molecule has 0 spiro atoms. The molecule has 0 radical (unpaired) electrons. The Balaban J connectivity index is 2.99. The van der Waals surface area contributed by atoms with Gasteiger partial charge in [0.1, 0.15) is 17.2 Å². The maximum Gasteiger partial charge on any atom is 0.365 e. The maximum atomic E-state index is 13.5. The van der Waals surface area contributed by atoms with E-state index < -0.39 is 29.1 Å². The van der Waals surface area contributed by atoms with Crippen molar-refractivity contribution >= 4 is 11.0 Å². The van der Waals surface area contributed by atoms with E-state index in [0.717, 1.165) is 0 Å². The smallest absolute Gasteiger partial charge is 0.365 e. The SMILES string of the molecule is Cc1cc(C)c2c(=O)c(C#N)c(C(F)(F)C(F)F)oc2c1. The first kappa shape index (κ1) is 15.0. The Morgan fingerprint density at radius 1 is 1.29 bits per heavy atom. The first-order valence-electron chi connectivity index (χ1n) is 5.84. The van der Waals surface area contributed by atoms with Crippen LogP contribution in [-0.2, 0) is 5.92 Å². The minimum atomic E-state index is -4.71. The average Bonchev–Trinajstić information content (AvgIpc) is 2.36. The molecule has 0 N–H and O–H groups in total. The molecule has 110 valence electrons. The number of alkyl halides is 4. The van der Waals surface area contributed by atoms with Crippen molar-refractivity contribution in [2.24, 2.45) is 0 Å². The molecule has 7 heteroatoms. The fourth-order valence-electron chi connectivity index (χ4n) is 2.12. The third-order valence-corrected chi connectivity index (χ3v) is 3.03. The summed E-state index contributed by atoms with van der Waals surface area (Å²) >= 11 is 0. The first-order valence-corrected chi connectivity index (χ1v) is 5.84. The van der Waals surface area contributed by atoms with Gasteiger partial charge in [-0.25, -0.2) is 8.78 Å². The van der Waals surface area contributed by atoms with Crippen LogP contribution in [0.15, 0.2) is 21.3 Å². The van der Waals surface area contributed by atoms with Gasteiger partial charge in [0.05, 0.1) is 5.39 Å². The largest absolute Gasteiger partial charge is 0.453 e. The third kappa shape index (κ3) is 2.27. The quantitative estimate of drug-likeness (QED) is 0.795. The highest BCUT2D eigenvalue weighted by Gasteiger charge is 2.48. The first-order chi connectivity index (χ1) is 9.70. The normalized spacial score (nSPS) is 11.9. The van der Waals surface area contributed by atoms with Gasteiger partial charge in [0.25, 0.3) is 0 Å². The summed E-state index contributed by atoms with van der Waals surface area (Å²) in [5.41, 5.74) is -1.35. The van der Waals surface area contributed by atoms with E-state index in [1.165, 1.54) is 12.1 Å².